The van der Waals surface area contributed by atoms with Crippen molar-refractivity contribution < 1.29 is 9.59 Å². The summed E-state index contributed by atoms with van der Waals surface area (Å²) in [5.41, 5.74) is 3.00. The maximum atomic E-state index is 13.6. The van der Waals surface area contributed by atoms with Gasteiger partial charge in [-0.15, -0.1) is 0 Å². The van der Waals surface area contributed by atoms with Gasteiger partial charge in [-0.25, -0.2) is 0 Å². The highest BCUT2D eigenvalue weighted by atomic mass is 35.5. The molecular formula is C27H21Cl2N3O2S. The summed E-state index contributed by atoms with van der Waals surface area (Å²) in [6.07, 6.45) is 1.22. The Morgan fingerprint density at radius 3 is 2.34 bits per heavy atom. The number of amides is 2. The van der Waals surface area contributed by atoms with E-state index in [0.29, 0.717) is 32.9 Å². The Hall–Kier alpha value is -3.24. The monoisotopic (exact) mass is 521 g/mol. The summed E-state index contributed by atoms with van der Waals surface area (Å²) in [5, 5.41) is 13.3. The number of hydrogen-bond donors (Lipinski definition) is 1. The molecule has 4 rings (SSSR count). The second-order valence-electron chi connectivity index (χ2n) is 7.86. The number of carbonyl (C=O) groups excluding carboxylic acids is 2. The molecule has 1 unspecified atom stereocenters. The van der Waals surface area contributed by atoms with Crippen molar-refractivity contribution in [3.63, 3.8) is 0 Å². The Morgan fingerprint density at radius 1 is 1.03 bits per heavy atom. The molecule has 176 valence electrons. The van der Waals surface area contributed by atoms with E-state index in [1.807, 2.05) is 49.4 Å². The van der Waals surface area contributed by atoms with Crippen molar-refractivity contribution in [3.05, 3.63) is 105 Å². The van der Waals surface area contributed by atoms with Gasteiger partial charge in [0.1, 0.15) is 16.7 Å². The summed E-state index contributed by atoms with van der Waals surface area (Å²) in [5.74, 6) is -0.778. The van der Waals surface area contributed by atoms with Gasteiger partial charge in [-0.3, -0.25) is 14.5 Å². The molecule has 1 heterocycles. The quantitative estimate of drug-likeness (QED) is 0.292. The zero-order chi connectivity index (χ0) is 24.9. The van der Waals surface area contributed by atoms with E-state index < -0.39 is 11.2 Å². The highest BCUT2D eigenvalue weighted by Crippen LogP contribution is 2.42. The minimum atomic E-state index is -0.570. The number of halogens is 2. The standard InChI is InChI=1S/C27H21Cl2N3O2S/c1-2-17-8-11-20(12-9-17)32-26(34)24(15-18-10-13-22(28)23(29)14-18)35-27(32)21(16-30)25(33)31-19-6-4-3-5-7-19/h3-14,24H,2,15H2,1H3,(H,31,33)/b27-21-. The van der Waals surface area contributed by atoms with Crippen molar-refractivity contribution in [3.8, 4) is 6.07 Å². The molecule has 5 nitrogen and oxygen atoms in total. The molecule has 0 aromatic heterocycles. The summed E-state index contributed by atoms with van der Waals surface area (Å²) in [4.78, 5) is 28.2. The number of thioether (sulfide) groups is 1. The van der Waals surface area contributed by atoms with Crippen LogP contribution < -0.4 is 10.2 Å². The first-order valence-electron chi connectivity index (χ1n) is 11.0. The minimum absolute atomic E-state index is 0.122. The molecule has 0 spiro atoms. The Kier molecular flexibility index (Phi) is 7.82. The van der Waals surface area contributed by atoms with Gasteiger partial charge in [-0.1, -0.05) is 78.3 Å². The van der Waals surface area contributed by atoms with Gasteiger partial charge in [0.25, 0.3) is 5.91 Å². The third kappa shape index (κ3) is 5.54. The number of anilines is 2. The predicted molar refractivity (Wildman–Crippen MR) is 143 cm³/mol. The highest BCUT2D eigenvalue weighted by molar-refractivity contribution is 8.05. The number of para-hydroxylation sites is 1. The van der Waals surface area contributed by atoms with Crippen LogP contribution in [0.1, 0.15) is 18.1 Å². The van der Waals surface area contributed by atoms with Crippen LogP contribution in [0.25, 0.3) is 0 Å². The summed E-state index contributed by atoms with van der Waals surface area (Å²) >= 11 is 13.4. The number of benzene rings is 3. The van der Waals surface area contributed by atoms with Crippen molar-refractivity contribution in [2.75, 3.05) is 10.2 Å². The van der Waals surface area contributed by atoms with Gasteiger partial charge in [-0.05, 0) is 60.4 Å². The maximum Gasteiger partial charge on any atom is 0.269 e. The molecule has 0 radical (unpaired) electrons. The number of nitrogens with one attached hydrogen (secondary N) is 1. The Bertz CT molecular complexity index is 1330. The third-order valence-corrected chi connectivity index (χ3v) is 7.55. The molecule has 0 bridgehead atoms. The average Bonchev–Trinajstić information content (AvgIpc) is 3.17. The van der Waals surface area contributed by atoms with Gasteiger partial charge in [-0.2, -0.15) is 5.26 Å². The first-order chi connectivity index (χ1) is 16.9. The molecule has 0 saturated carbocycles. The van der Waals surface area contributed by atoms with E-state index in [1.54, 1.807) is 36.4 Å². The largest absolute Gasteiger partial charge is 0.321 e. The number of carbonyl (C=O) groups is 2. The van der Waals surface area contributed by atoms with E-state index in [9.17, 15) is 14.9 Å². The molecule has 1 fully saturated rings. The molecular weight excluding hydrogens is 501 g/mol. The lowest BCUT2D eigenvalue weighted by Gasteiger charge is -2.19. The van der Waals surface area contributed by atoms with Crippen LogP contribution in [0.15, 0.2) is 83.4 Å². The Labute approximate surface area is 218 Å². The Balaban J connectivity index is 1.73. The number of aryl methyl sites for hydroxylation is 1. The lowest BCUT2D eigenvalue weighted by molar-refractivity contribution is -0.117. The van der Waals surface area contributed by atoms with E-state index in [0.717, 1.165) is 17.5 Å². The molecule has 0 aliphatic carbocycles. The van der Waals surface area contributed by atoms with Crippen LogP contribution in [-0.2, 0) is 22.4 Å². The molecule has 3 aromatic rings. The number of rotatable bonds is 6. The van der Waals surface area contributed by atoms with Crippen molar-refractivity contribution in [1.82, 2.24) is 0 Å². The molecule has 1 aliphatic heterocycles. The van der Waals surface area contributed by atoms with Crippen molar-refractivity contribution in [1.29, 1.82) is 5.26 Å². The highest BCUT2D eigenvalue weighted by Gasteiger charge is 2.40. The van der Waals surface area contributed by atoms with Crippen molar-refractivity contribution >= 4 is 58.2 Å². The van der Waals surface area contributed by atoms with E-state index in [2.05, 4.69) is 5.32 Å². The predicted octanol–water partition coefficient (Wildman–Crippen LogP) is 6.62. The van der Waals surface area contributed by atoms with Crippen molar-refractivity contribution in [2.45, 2.75) is 25.0 Å². The summed E-state index contributed by atoms with van der Waals surface area (Å²) in [6.45, 7) is 2.05. The molecule has 1 saturated heterocycles. The number of nitrogens with zero attached hydrogens (tertiary/aromatic N) is 2. The van der Waals surface area contributed by atoms with E-state index in [4.69, 9.17) is 23.2 Å². The van der Waals surface area contributed by atoms with Gasteiger partial charge in [0, 0.05) is 11.4 Å². The minimum Gasteiger partial charge on any atom is -0.321 e. The Morgan fingerprint density at radius 2 is 1.71 bits per heavy atom. The van der Waals surface area contributed by atoms with Gasteiger partial charge >= 0.3 is 0 Å². The zero-order valence-corrected chi connectivity index (χ0v) is 21.1. The molecule has 2 amide bonds. The van der Waals surface area contributed by atoms with Crippen LogP contribution in [0, 0.1) is 11.3 Å². The summed E-state index contributed by atoms with van der Waals surface area (Å²) in [7, 11) is 0. The molecule has 3 aromatic carbocycles. The van der Waals surface area contributed by atoms with Crippen LogP contribution in [0.3, 0.4) is 0 Å². The summed E-state index contributed by atoms with van der Waals surface area (Å²) < 4.78 is 0. The molecule has 8 heteroatoms. The normalized spacial score (nSPS) is 16.7. The SMILES string of the molecule is CCc1ccc(N2C(=O)C(Cc3ccc(Cl)c(Cl)c3)S/C2=C(/C#N)C(=O)Nc2ccccc2)cc1. The first kappa shape index (κ1) is 24.9. The lowest BCUT2D eigenvalue weighted by Crippen LogP contribution is -2.31. The van der Waals surface area contributed by atoms with Crippen molar-refractivity contribution in [2.24, 2.45) is 0 Å². The second kappa shape index (κ2) is 11.0. The first-order valence-corrected chi connectivity index (χ1v) is 12.6. The van der Waals surface area contributed by atoms with Gasteiger partial charge in [0.2, 0.25) is 5.91 Å². The zero-order valence-electron chi connectivity index (χ0n) is 18.8. The number of hydrogen-bond acceptors (Lipinski definition) is 4. The van der Waals surface area contributed by atoms with Crippen LogP contribution in [0.4, 0.5) is 11.4 Å². The van der Waals surface area contributed by atoms with E-state index in [1.165, 1.54) is 16.7 Å². The van der Waals surface area contributed by atoms with E-state index in [-0.39, 0.29) is 11.5 Å². The average molecular weight is 522 g/mol. The lowest BCUT2D eigenvalue weighted by atomic mass is 10.1. The van der Waals surface area contributed by atoms with E-state index >= 15 is 0 Å². The van der Waals surface area contributed by atoms with Gasteiger partial charge < -0.3 is 5.32 Å². The van der Waals surface area contributed by atoms with Crippen LogP contribution in [-0.4, -0.2) is 17.1 Å². The third-order valence-electron chi connectivity index (χ3n) is 5.55. The smallest absolute Gasteiger partial charge is 0.269 e. The fourth-order valence-corrected chi connectivity index (χ4v) is 5.33. The maximum absolute atomic E-state index is 13.6. The van der Waals surface area contributed by atoms with Gasteiger partial charge in [0.05, 0.1) is 15.3 Å². The molecule has 1 aliphatic rings. The van der Waals surface area contributed by atoms with Crippen LogP contribution in [0.5, 0.6) is 0 Å². The topological polar surface area (TPSA) is 73.2 Å². The fourth-order valence-electron chi connectivity index (χ4n) is 3.70. The fraction of sp³-hybridized carbons (Fsp3) is 0.148. The second-order valence-corrected chi connectivity index (χ2v) is 9.87. The van der Waals surface area contributed by atoms with Crippen LogP contribution >= 0.6 is 35.0 Å². The molecule has 1 N–H and O–H groups in total. The van der Waals surface area contributed by atoms with Crippen LogP contribution in [0.2, 0.25) is 10.0 Å². The van der Waals surface area contributed by atoms with Gasteiger partial charge in [0.15, 0.2) is 0 Å². The molecule has 35 heavy (non-hydrogen) atoms. The number of nitriles is 1. The summed E-state index contributed by atoms with van der Waals surface area (Å²) in [6, 6.07) is 23.7. The molecule has 1 atom stereocenters.